The lowest BCUT2D eigenvalue weighted by Crippen LogP contribution is -2.05. The van der Waals surface area contributed by atoms with Gasteiger partial charge in [0, 0.05) is 6.42 Å². The van der Waals surface area contributed by atoms with Crippen molar-refractivity contribution in [1.29, 1.82) is 0 Å². The second-order valence-electron chi connectivity index (χ2n) is 5.56. The van der Waals surface area contributed by atoms with E-state index in [2.05, 4.69) is 6.92 Å². The number of aliphatic hydroxyl groups excluding tert-OH is 1. The van der Waals surface area contributed by atoms with Crippen molar-refractivity contribution in [3.05, 3.63) is 0 Å². The van der Waals surface area contributed by atoms with Gasteiger partial charge in [-0.3, -0.25) is 4.79 Å². The Labute approximate surface area is 118 Å². The zero-order chi connectivity index (χ0) is 14.3. The molecule has 0 aromatic rings. The Hall–Kier alpha value is -0.570. The average molecular weight is 272 g/mol. The van der Waals surface area contributed by atoms with E-state index in [0.717, 1.165) is 51.4 Å². The molecule has 114 valence electrons. The Morgan fingerprint density at radius 1 is 0.842 bits per heavy atom. The highest BCUT2D eigenvalue weighted by Gasteiger charge is 2.03. The third-order valence-electron chi connectivity index (χ3n) is 3.57. The Morgan fingerprint density at radius 2 is 1.32 bits per heavy atom. The Kier molecular flexibility index (Phi) is 13.4. The smallest absolute Gasteiger partial charge is 0.303 e. The first-order chi connectivity index (χ1) is 9.16. The molecule has 19 heavy (non-hydrogen) atoms. The summed E-state index contributed by atoms with van der Waals surface area (Å²) >= 11 is 0. The van der Waals surface area contributed by atoms with Crippen LogP contribution in [0.25, 0.3) is 0 Å². The lowest BCUT2D eigenvalue weighted by molar-refractivity contribution is -0.137. The van der Waals surface area contributed by atoms with Crippen molar-refractivity contribution in [3.8, 4) is 0 Å². The van der Waals surface area contributed by atoms with Gasteiger partial charge in [-0.05, 0) is 19.3 Å². The van der Waals surface area contributed by atoms with Crippen molar-refractivity contribution >= 4 is 5.97 Å². The quantitative estimate of drug-likeness (QED) is 0.457. The van der Waals surface area contributed by atoms with Crippen molar-refractivity contribution in [2.75, 3.05) is 0 Å². The molecule has 0 bridgehead atoms. The van der Waals surface area contributed by atoms with E-state index in [1.165, 1.54) is 25.7 Å². The predicted molar refractivity (Wildman–Crippen MR) is 79.3 cm³/mol. The highest BCUT2D eigenvalue weighted by molar-refractivity contribution is 5.66. The van der Waals surface area contributed by atoms with Crippen LogP contribution in [0.15, 0.2) is 0 Å². The fraction of sp³-hybridized carbons (Fsp3) is 0.938. The van der Waals surface area contributed by atoms with Gasteiger partial charge in [0.25, 0.3) is 0 Å². The normalized spacial score (nSPS) is 12.5. The van der Waals surface area contributed by atoms with Crippen molar-refractivity contribution in [2.24, 2.45) is 0 Å². The molecule has 0 saturated heterocycles. The maximum atomic E-state index is 10.3. The topological polar surface area (TPSA) is 57.5 Å². The van der Waals surface area contributed by atoms with Gasteiger partial charge in [-0.2, -0.15) is 0 Å². The van der Waals surface area contributed by atoms with Crippen LogP contribution in [0.3, 0.4) is 0 Å². The fourth-order valence-electron chi connectivity index (χ4n) is 2.31. The monoisotopic (exact) mass is 272 g/mol. The maximum absolute atomic E-state index is 10.3. The molecule has 0 aliphatic rings. The van der Waals surface area contributed by atoms with Crippen LogP contribution in [0.2, 0.25) is 0 Å². The largest absolute Gasteiger partial charge is 0.481 e. The van der Waals surface area contributed by atoms with E-state index in [4.69, 9.17) is 5.11 Å². The number of rotatable bonds is 14. The Bertz CT molecular complexity index is 204. The molecule has 1 atom stereocenters. The molecule has 0 spiro atoms. The summed E-state index contributed by atoms with van der Waals surface area (Å²) in [5.74, 6) is -0.696. The first-order valence-electron chi connectivity index (χ1n) is 8.06. The van der Waals surface area contributed by atoms with Crippen LogP contribution < -0.4 is 0 Å². The van der Waals surface area contributed by atoms with Gasteiger partial charge in [0.1, 0.15) is 0 Å². The van der Waals surface area contributed by atoms with Gasteiger partial charge in [0.05, 0.1) is 6.10 Å². The van der Waals surface area contributed by atoms with E-state index in [1.54, 1.807) is 0 Å². The van der Waals surface area contributed by atoms with Crippen molar-refractivity contribution in [2.45, 2.75) is 96.5 Å². The van der Waals surface area contributed by atoms with Crippen LogP contribution >= 0.6 is 0 Å². The molecule has 0 amide bonds. The first-order valence-corrected chi connectivity index (χ1v) is 8.06. The van der Waals surface area contributed by atoms with Crippen LogP contribution in [-0.2, 0) is 4.79 Å². The van der Waals surface area contributed by atoms with Gasteiger partial charge in [-0.25, -0.2) is 0 Å². The summed E-state index contributed by atoms with van der Waals surface area (Å²) in [6, 6.07) is 0. The molecule has 0 aromatic carbocycles. The summed E-state index contributed by atoms with van der Waals surface area (Å²) in [5, 5.41) is 18.3. The van der Waals surface area contributed by atoms with Crippen LogP contribution in [0, 0.1) is 0 Å². The number of carboxylic acids is 1. The molecule has 3 nitrogen and oxygen atoms in total. The summed E-state index contributed by atoms with van der Waals surface area (Å²) in [4.78, 5) is 10.3. The number of carbonyl (C=O) groups is 1. The van der Waals surface area contributed by atoms with Gasteiger partial charge in [-0.15, -0.1) is 0 Å². The molecule has 0 aromatic heterocycles. The summed E-state index contributed by atoms with van der Waals surface area (Å²) in [6.07, 6.45) is 13.4. The molecule has 0 saturated carbocycles. The average Bonchev–Trinajstić information content (AvgIpc) is 2.37. The second-order valence-corrected chi connectivity index (χ2v) is 5.56. The fourth-order valence-corrected chi connectivity index (χ4v) is 2.31. The van der Waals surface area contributed by atoms with E-state index in [1.807, 2.05) is 0 Å². The van der Waals surface area contributed by atoms with Crippen LogP contribution in [0.4, 0.5) is 0 Å². The number of hydrogen-bond donors (Lipinski definition) is 2. The molecule has 0 aliphatic heterocycles. The molecular formula is C16H32O3. The number of aliphatic carboxylic acids is 1. The van der Waals surface area contributed by atoms with E-state index in [9.17, 15) is 9.90 Å². The Balaban J connectivity index is 3.15. The van der Waals surface area contributed by atoms with Gasteiger partial charge in [-0.1, -0.05) is 64.7 Å². The van der Waals surface area contributed by atoms with Crippen LogP contribution in [-0.4, -0.2) is 22.3 Å². The van der Waals surface area contributed by atoms with E-state index >= 15 is 0 Å². The third kappa shape index (κ3) is 15.4. The number of unbranched alkanes of at least 4 members (excludes halogenated alkanes) is 8. The van der Waals surface area contributed by atoms with Gasteiger partial charge in [0.2, 0.25) is 0 Å². The van der Waals surface area contributed by atoms with Crippen LogP contribution in [0.5, 0.6) is 0 Å². The zero-order valence-corrected chi connectivity index (χ0v) is 12.6. The molecule has 0 rings (SSSR count). The number of hydrogen-bond acceptors (Lipinski definition) is 2. The zero-order valence-electron chi connectivity index (χ0n) is 12.6. The minimum atomic E-state index is -0.696. The minimum absolute atomic E-state index is 0.124. The summed E-state index contributed by atoms with van der Waals surface area (Å²) in [5.41, 5.74) is 0. The highest BCUT2D eigenvalue weighted by Crippen LogP contribution is 2.13. The summed E-state index contributed by atoms with van der Waals surface area (Å²) < 4.78 is 0. The molecule has 0 unspecified atom stereocenters. The molecular weight excluding hydrogens is 240 g/mol. The van der Waals surface area contributed by atoms with Gasteiger partial charge < -0.3 is 10.2 Å². The standard InChI is InChI=1S/C16H32O3/c1-2-3-4-6-9-12-15(17)13-10-7-5-8-11-14-16(18)19/h15,17H,2-14H2,1H3,(H,18,19)/t15-/m0/s1. The number of aliphatic hydroxyl groups is 1. The van der Waals surface area contributed by atoms with E-state index < -0.39 is 5.97 Å². The molecule has 0 radical (unpaired) electrons. The molecule has 0 fully saturated rings. The predicted octanol–water partition coefficient (Wildman–Crippen LogP) is 4.52. The van der Waals surface area contributed by atoms with Gasteiger partial charge in [0.15, 0.2) is 0 Å². The van der Waals surface area contributed by atoms with Gasteiger partial charge >= 0.3 is 5.97 Å². The summed E-state index contributed by atoms with van der Waals surface area (Å²) in [6.45, 7) is 2.21. The lowest BCUT2D eigenvalue weighted by Gasteiger charge is -2.10. The molecule has 2 N–H and O–H groups in total. The highest BCUT2D eigenvalue weighted by atomic mass is 16.4. The molecule has 0 heterocycles. The van der Waals surface area contributed by atoms with Crippen molar-refractivity contribution < 1.29 is 15.0 Å². The first kappa shape index (κ1) is 18.4. The Morgan fingerprint density at radius 3 is 1.84 bits per heavy atom. The maximum Gasteiger partial charge on any atom is 0.303 e. The van der Waals surface area contributed by atoms with Crippen molar-refractivity contribution in [1.82, 2.24) is 0 Å². The third-order valence-corrected chi connectivity index (χ3v) is 3.57. The molecule has 3 heteroatoms. The van der Waals surface area contributed by atoms with E-state index in [0.29, 0.717) is 6.42 Å². The summed E-state index contributed by atoms with van der Waals surface area (Å²) in [7, 11) is 0. The van der Waals surface area contributed by atoms with Crippen LogP contribution in [0.1, 0.15) is 90.4 Å². The number of carboxylic acid groups (broad SMARTS) is 1. The minimum Gasteiger partial charge on any atom is -0.481 e. The molecule has 0 aliphatic carbocycles. The SMILES string of the molecule is CCCCCCC[C@H](O)CCCCCCCC(=O)O. The van der Waals surface area contributed by atoms with Crippen molar-refractivity contribution in [3.63, 3.8) is 0 Å². The second kappa shape index (κ2) is 13.9. The lowest BCUT2D eigenvalue weighted by atomic mass is 10.0. The van der Waals surface area contributed by atoms with E-state index in [-0.39, 0.29) is 6.10 Å².